The van der Waals surface area contributed by atoms with E-state index >= 15 is 0 Å². The standard InChI is InChI=1S/C7H5BrClNO/c1-4-6(8)2-5(3-11)7(9)10-4/h2-3H,1H3. The molecule has 0 unspecified atom stereocenters. The molecule has 2 nitrogen and oxygen atoms in total. The van der Waals surface area contributed by atoms with Gasteiger partial charge in [0.25, 0.3) is 0 Å². The summed E-state index contributed by atoms with van der Waals surface area (Å²) in [7, 11) is 0. The highest BCUT2D eigenvalue weighted by Crippen LogP contribution is 2.19. The summed E-state index contributed by atoms with van der Waals surface area (Å²) in [5.41, 5.74) is 1.18. The SMILES string of the molecule is Cc1nc(Cl)c(C=O)cc1Br. The number of nitrogens with zero attached hydrogens (tertiary/aromatic N) is 1. The lowest BCUT2D eigenvalue weighted by atomic mass is 10.3. The number of hydrogen-bond acceptors (Lipinski definition) is 2. The fourth-order valence-corrected chi connectivity index (χ4v) is 1.21. The van der Waals surface area contributed by atoms with E-state index in [1.54, 1.807) is 6.07 Å². The Bertz CT molecular complexity index is 301. The zero-order valence-electron chi connectivity index (χ0n) is 5.77. The van der Waals surface area contributed by atoms with E-state index < -0.39 is 0 Å². The molecule has 0 aliphatic carbocycles. The topological polar surface area (TPSA) is 30.0 Å². The molecule has 0 aliphatic rings. The molecule has 0 fully saturated rings. The van der Waals surface area contributed by atoms with Crippen molar-refractivity contribution >= 4 is 33.8 Å². The second-order valence-corrected chi connectivity index (χ2v) is 3.27. The number of halogens is 2. The third-order valence-corrected chi connectivity index (χ3v) is 2.36. The third kappa shape index (κ3) is 1.79. The van der Waals surface area contributed by atoms with Gasteiger partial charge in [-0.2, -0.15) is 0 Å². The van der Waals surface area contributed by atoms with Gasteiger partial charge in [0.2, 0.25) is 0 Å². The number of hydrogen-bond donors (Lipinski definition) is 0. The summed E-state index contributed by atoms with van der Waals surface area (Å²) in [5.74, 6) is 0. The third-order valence-electron chi connectivity index (χ3n) is 1.26. The van der Waals surface area contributed by atoms with Gasteiger partial charge < -0.3 is 0 Å². The Morgan fingerprint density at radius 2 is 2.36 bits per heavy atom. The predicted molar refractivity (Wildman–Crippen MR) is 47.1 cm³/mol. The van der Waals surface area contributed by atoms with Crippen LogP contribution in [-0.2, 0) is 0 Å². The summed E-state index contributed by atoms with van der Waals surface area (Å²) in [6.45, 7) is 1.81. The first-order valence-electron chi connectivity index (χ1n) is 2.93. The minimum absolute atomic E-state index is 0.251. The zero-order chi connectivity index (χ0) is 8.43. The van der Waals surface area contributed by atoms with Gasteiger partial charge >= 0.3 is 0 Å². The first-order valence-corrected chi connectivity index (χ1v) is 4.10. The van der Waals surface area contributed by atoms with E-state index in [2.05, 4.69) is 20.9 Å². The van der Waals surface area contributed by atoms with E-state index in [4.69, 9.17) is 11.6 Å². The van der Waals surface area contributed by atoms with Crippen molar-refractivity contribution in [3.05, 3.63) is 26.9 Å². The van der Waals surface area contributed by atoms with Crippen LogP contribution in [0.25, 0.3) is 0 Å². The summed E-state index contributed by atoms with van der Waals surface area (Å²) in [4.78, 5) is 14.3. The smallest absolute Gasteiger partial charge is 0.153 e. The molecule has 0 radical (unpaired) electrons. The van der Waals surface area contributed by atoms with E-state index in [0.717, 1.165) is 10.2 Å². The Labute approximate surface area is 77.7 Å². The van der Waals surface area contributed by atoms with Crippen molar-refractivity contribution in [1.82, 2.24) is 4.98 Å². The molecule has 58 valence electrons. The van der Waals surface area contributed by atoms with Crippen LogP contribution in [0.4, 0.5) is 0 Å². The molecule has 0 aromatic carbocycles. The molecule has 1 aromatic heterocycles. The van der Waals surface area contributed by atoms with Crippen LogP contribution in [0.3, 0.4) is 0 Å². The lowest BCUT2D eigenvalue weighted by molar-refractivity contribution is 0.112. The minimum Gasteiger partial charge on any atom is -0.298 e. The maximum Gasteiger partial charge on any atom is 0.153 e. The molecular weight excluding hydrogens is 229 g/mol. The number of aromatic nitrogens is 1. The van der Waals surface area contributed by atoms with Gasteiger partial charge in [0.1, 0.15) is 5.15 Å². The van der Waals surface area contributed by atoms with Gasteiger partial charge in [-0.3, -0.25) is 4.79 Å². The van der Waals surface area contributed by atoms with E-state index in [0.29, 0.717) is 11.8 Å². The highest BCUT2D eigenvalue weighted by molar-refractivity contribution is 9.10. The number of carbonyl (C=O) groups excluding carboxylic acids is 1. The molecule has 0 saturated carbocycles. The molecule has 0 bridgehead atoms. The fraction of sp³-hybridized carbons (Fsp3) is 0.143. The second-order valence-electron chi connectivity index (χ2n) is 2.05. The summed E-state index contributed by atoms with van der Waals surface area (Å²) in [6, 6.07) is 1.65. The van der Waals surface area contributed by atoms with Gasteiger partial charge in [0, 0.05) is 4.47 Å². The largest absolute Gasteiger partial charge is 0.298 e. The highest BCUT2D eigenvalue weighted by atomic mass is 79.9. The molecular formula is C7H5BrClNO. The van der Waals surface area contributed by atoms with Crippen molar-refractivity contribution in [2.45, 2.75) is 6.92 Å². The summed E-state index contributed by atoms with van der Waals surface area (Å²) in [5, 5.41) is 0.251. The first kappa shape index (κ1) is 8.68. The molecule has 0 saturated heterocycles. The van der Waals surface area contributed by atoms with E-state index in [1.165, 1.54) is 0 Å². The van der Waals surface area contributed by atoms with Crippen LogP contribution in [0, 0.1) is 6.92 Å². The number of carbonyl (C=O) groups is 1. The van der Waals surface area contributed by atoms with Crippen LogP contribution >= 0.6 is 27.5 Å². The van der Waals surface area contributed by atoms with Crippen LogP contribution < -0.4 is 0 Å². The van der Waals surface area contributed by atoms with Crippen LogP contribution in [0.1, 0.15) is 16.1 Å². The van der Waals surface area contributed by atoms with Gasteiger partial charge in [-0.05, 0) is 28.9 Å². The van der Waals surface area contributed by atoms with Crippen LogP contribution in [0.15, 0.2) is 10.5 Å². The first-order chi connectivity index (χ1) is 5.15. The van der Waals surface area contributed by atoms with E-state index in [1.807, 2.05) is 6.92 Å². The summed E-state index contributed by atoms with van der Waals surface area (Å²) < 4.78 is 0.795. The van der Waals surface area contributed by atoms with Gasteiger partial charge in [-0.1, -0.05) is 11.6 Å². The molecule has 0 aliphatic heterocycles. The lowest BCUT2D eigenvalue weighted by Gasteiger charge is -1.99. The molecule has 0 spiro atoms. The predicted octanol–water partition coefficient (Wildman–Crippen LogP) is 2.62. The Balaban J connectivity index is 3.31. The van der Waals surface area contributed by atoms with Crippen molar-refractivity contribution in [3.63, 3.8) is 0 Å². The van der Waals surface area contributed by atoms with E-state index in [9.17, 15) is 4.79 Å². The molecule has 4 heteroatoms. The summed E-state index contributed by atoms with van der Waals surface area (Å²) >= 11 is 8.88. The molecule has 1 heterocycles. The normalized spacial score (nSPS) is 9.73. The van der Waals surface area contributed by atoms with Crippen molar-refractivity contribution < 1.29 is 4.79 Å². The van der Waals surface area contributed by atoms with Gasteiger partial charge in [-0.15, -0.1) is 0 Å². The van der Waals surface area contributed by atoms with E-state index in [-0.39, 0.29) is 5.15 Å². The monoisotopic (exact) mass is 233 g/mol. The number of pyridine rings is 1. The van der Waals surface area contributed by atoms with Crippen molar-refractivity contribution in [2.24, 2.45) is 0 Å². The fourth-order valence-electron chi connectivity index (χ4n) is 0.648. The van der Waals surface area contributed by atoms with Gasteiger partial charge in [0.05, 0.1) is 11.3 Å². The Hall–Kier alpha value is -0.410. The molecule has 0 atom stereocenters. The zero-order valence-corrected chi connectivity index (χ0v) is 8.11. The van der Waals surface area contributed by atoms with Gasteiger partial charge in [0.15, 0.2) is 6.29 Å². The van der Waals surface area contributed by atoms with Crippen LogP contribution in [0.2, 0.25) is 5.15 Å². The summed E-state index contributed by atoms with van der Waals surface area (Å²) in [6.07, 6.45) is 0.680. The maximum atomic E-state index is 10.3. The van der Waals surface area contributed by atoms with Crippen molar-refractivity contribution in [1.29, 1.82) is 0 Å². The highest BCUT2D eigenvalue weighted by Gasteiger charge is 2.03. The Morgan fingerprint density at radius 3 is 2.91 bits per heavy atom. The van der Waals surface area contributed by atoms with Gasteiger partial charge in [-0.25, -0.2) is 4.98 Å². The molecule has 1 aromatic rings. The number of aryl methyl sites for hydroxylation is 1. The Morgan fingerprint density at radius 1 is 1.73 bits per heavy atom. The number of aldehydes is 1. The van der Waals surface area contributed by atoms with Crippen LogP contribution in [-0.4, -0.2) is 11.3 Å². The maximum absolute atomic E-state index is 10.3. The molecule has 0 amide bonds. The Kier molecular flexibility index (Phi) is 2.62. The van der Waals surface area contributed by atoms with Crippen molar-refractivity contribution in [2.75, 3.05) is 0 Å². The van der Waals surface area contributed by atoms with Crippen LogP contribution in [0.5, 0.6) is 0 Å². The molecule has 11 heavy (non-hydrogen) atoms. The molecule has 0 N–H and O–H groups in total. The molecule has 1 rings (SSSR count). The average molecular weight is 234 g/mol. The average Bonchev–Trinajstić information content (AvgIpc) is 1.97. The lowest BCUT2D eigenvalue weighted by Crippen LogP contribution is -1.90. The minimum atomic E-state index is 0.251. The quantitative estimate of drug-likeness (QED) is 0.552. The second kappa shape index (κ2) is 3.32. The number of rotatable bonds is 1. The van der Waals surface area contributed by atoms with Crippen molar-refractivity contribution in [3.8, 4) is 0 Å².